The second-order valence-corrected chi connectivity index (χ2v) is 9.54. The van der Waals surface area contributed by atoms with Gasteiger partial charge in [0.25, 0.3) is 0 Å². The molecular weight excluding hydrogens is 430 g/mol. The molecule has 6 rings (SSSR count). The fourth-order valence-electron chi connectivity index (χ4n) is 4.37. The molecule has 0 saturated carbocycles. The molecule has 0 aliphatic carbocycles. The van der Waals surface area contributed by atoms with Crippen molar-refractivity contribution in [1.29, 1.82) is 0 Å². The van der Waals surface area contributed by atoms with Crippen LogP contribution in [0.1, 0.15) is 25.7 Å². The van der Waals surface area contributed by atoms with Crippen molar-refractivity contribution in [2.75, 3.05) is 38.3 Å². The van der Waals surface area contributed by atoms with Gasteiger partial charge in [-0.3, -0.25) is 0 Å². The molecule has 0 spiro atoms. The van der Waals surface area contributed by atoms with Crippen LogP contribution in [0.2, 0.25) is 0 Å². The molecule has 6 aliphatic rings. The van der Waals surface area contributed by atoms with Crippen LogP contribution >= 0.6 is 11.8 Å². The molecule has 182 valence electrons. The maximum absolute atomic E-state index is 10.8. The first-order chi connectivity index (χ1) is 15.0. The Kier molecular flexibility index (Phi) is 10.2. The Morgan fingerprint density at radius 2 is 1.61 bits per heavy atom. The van der Waals surface area contributed by atoms with E-state index in [0.717, 1.165) is 25.1 Å². The van der Waals surface area contributed by atoms with E-state index < -0.39 is 61.2 Å². The van der Waals surface area contributed by atoms with Gasteiger partial charge in [0.05, 0.1) is 24.9 Å². The van der Waals surface area contributed by atoms with Gasteiger partial charge < -0.3 is 49.8 Å². The summed E-state index contributed by atoms with van der Waals surface area (Å²) in [5, 5.41) is 55.6. The summed E-state index contributed by atoms with van der Waals surface area (Å²) in [6.45, 7) is 0.831. The molecule has 6 saturated heterocycles. The topological polar surface area (TPSA) is 150 Å². The predicted molar refractivity (Wildman–Crippen MR) is 112 cm³/mol. The van der Waals surface area contributed by atoms with Crippen LogP contribution in [0, 0.1) is 5.92 Å². The van der Waals surface area contributed by atoms with E-state index in [9.17, 15) is 25.5 Å². The molecule has 6 unspecified atom stereocenters. The third kappa shape index (κ3) is 6.30. The summed E-state index contributed by atoms with van der Waals surface area (Å²) in [5.74, 6) is 0.845. The minimum Gasteiger partial charge on any atom is -0.394 e. The summed E-state index contributed by atoms with van der Waals surface area (Å²) < 4.78 is 23.4. The van der Waals surface area contributed by atoms with Crippen LogP contribution in [0.5, 0.6) is 0 Å². The lowest BCUT2D eigenvalue weighted by Crippen LogP contribution is -2.63. The van der Waals surface area contributed by atoms with Gasteiger partial charge in [-0.25, -0.2) is 0 Å². The van der Waals surface area contributed by atoms with Gasteiger partial charge in [-0.15, -0.1) is 0 Å². The molecule has 6 fully saturated rings. The molecule has 11 heteroatoms. The average molecular weight is 468 g/mol. The molecule has 6 aliphatic heterocycles. The third-order valence-corrected chi connectivity index (χ3v) is 7.27. The number of hydrogen-bond acceptors (Lipinski definition) is 11. The number of ether oxygens (including phenoxy) is 4. The Morgan fingerprint density at radius 1 is 0.871 bits per heavy atom. The monoisotopic (exact) mass is 467 g/mol. The molecule has 0 aromatic carbocycles. The zero-order valence-corrected chi connectivity index (χ0v) is 18.7. The largest absolute Gasteiger partial charge is 0.394 e. The number of thioether (sulfide) groups is 1. The molecule has 0 aromatic rings. The van der Waals surface area contributed by atoms with Gasteiger partial charge >= 0.3 is 0 Å². The van der Waals surface area contributed by atoms with Crippen molar-refractivity contribution < 1.29 is 44.5 Å². The highest BCUT2D eigenvalue weighted by Gasteiger charge is 2.50. The van der Waals surface area contributed by atoms with Gasteiger partial charge in [-0.2, -0.15) is 11.8 Å². The number of aliphatic hydroxyl groups is 5. The Hall–Kier alpha value is -0.0500. The number of nitrogens with one attached hydrogen (secondary N) is 1. The van der Waals surface area contributed by atoms with E-state index in [2.05, 4.69) is 5.32 Å². The van der Waals surface area contributed by atoms with Gasteiger partial charge in [-0.05, 0) is 19.9 Å². The van der Waals surface area contributed by atoms with E-state index in [-0.39, 0.29) is 6.61 Å². The van der Waals surface area contributed by atoms with Gasteiger partial charge in [-0.1, -0.05) is 12.8 Å². The van der Waals surface area contributed by atoms with E-state index in [1.165, 1.54) is 0 Å². The van der Waals surface area contributed by atoms with Gasteiger partial charge in [0.2, 0.25) is 0 Å². The van der Waals surface area contributed by atoms with E-state index in [1.807, 2.05) is 7.05 Å². The first-order valence-electron chi connectivity index (χ1n) is 11.1. The zero-order chi connectivity index (χ0) is 22.4. The SMILES string of the molecule is CNCCSCC1O[C@@H]2OCCCCCC3C(CO)O[C@H](OC1[C@H](O)C2O)C(O)[C@H]3O. The minimum atomic E-state index is -1.35. The molecular formula is C20H37NO9S. The van der Waals surface area contributed by atoms with Crippen LogP contribution in [0.3, 0.4) is 0 Å². The fraction of sp³-hybridized carbons (Fsp3) is 1.00. The number of aliphatic hydroxyl groups excluding tert-OH is 5. The fourth-order valence-corrected chi connectivity index (χ4v) is 5.38. The van der Waals surface area contributed by atoms with Crippen molar-refractivity contribution in [2.45, 2.75) is 81.0 Å². The summed E-state index contributed by atoms with van der Waals surface area (Å²) in [5.41, 5.74) is 0. The van der Waals surface area contributed by atoms with Crippen molar-refractivity contribution in [3.63, 3.8) is 0 Å². The first-order valence-corrected chi connectivity index (χ1v) is 12.3. The predicted octanol–water partition coefficient (Wildman–Crippen LogP) is -1.58. The Balaban J connectivity index is 1.81. The summed E-state index contributed by atoms with van der Waals surface area (Å²) in [6.07, 6.45) is -6.91. The van der Waals surface area contributed by atoms with Gasteiger partial charge in [0.15, 0.2) is 12.6 Å². The summed E-state index contributed by atoms with van der Waals surface area (Å²) in [4.78, 5) is 0. The molecule has 0 aromatic heterocycles. The van der Waals surface area contributed by atoms with E-state index in [1.54, 1.807) is 11.8 Å². The molecule has 10 atom stereocenters. The highest BCUT2D eigenvalue weighted by Crippen LogP contribution is 2.34. The Morgan fingerprint density at radius 3 is 2.35 bits per heavy atom. The molecule has 6 heterocycles. The molecule has 4 bridgehead atoms. The first kappa shape index (κ1) is 25.6. The minimum absolute atomic E-state index is 0.324. The molecule has 6 N–H and O–H groups in total. The Bertz CT molecular complexity index is 531. The van der Waals surface area contributed by atoms with Crippen molar-refractivity contribution in [1.82, 2.24) is 5.32 Å². The van der Waals surface area contributed by atoms with Crippen LogP contribution in [-0.4, -0.2) is 119 Å². The maximum Gasteiger partial charge on any atom is 0.187 e. The van der Waals surface area contributed by atoms with E-state index in [0.29, 0.717) is 25.2 Å². The van der Waals surface area contributed by atoms with Gasteiger partial charge in [0, 0.05) is 30.6 Å². The molecule has 0 radical (unpaired) electrons. The maximum atomic E-state index is 10.8. The van der Waals surface area contributed by atoms with E-state index in [4.69, 9.17) is 18.9 Å². The number of rotatable bonds is 6. The lowest BCUT2D eigenvalue weighted by molar-refractivity contribution is -0.351. The Labute approximate surface area is 187 Å². The lowest BCUT2D eigenvalue weighted by Gasteiger charge is -2.47. The van der Waals surface area contributed by atoms with Crippen molar-refractivity contribution in [2.24, 2.45) is 5.92 Å². The van der Waals surface area contributed by atoms with Gasteiger partial charge in [0.1, 0.15) is 24.4 Å². The van der Waals surface area contributed by atoms with Crippen LogP contribution in [-0.2, 0) is 18.9 Å². The quantitative estimate of drug-likeness (QED) is 0.251. The standard InChI is InChI=1S/C20H37NO9S/c1-21-6-8-31-10-13-18-15(24)17(26)19(29-13)27-7-4-2-3-5-11-12(9-22)28-20(30-18)16(25)14(11)23/h11-26H,2-10H2,1H3/t11?,12?,13?,14-,15+,16?,17?,18?,19-,20+/m0/s1. The zero-order valence-electron chi connectivity index (χ0n) is 17.9. The average Bonchev–Trinajstić information content (AvgIpc) is 2.78. The van der Waals surface area contributed by atoms with Crippen molar-refractivity contribution in [3.8, 4) is 0 Å². The van der Waals surface area contributed by atoms with Crippen molar-refractivity contribution >= 4 is 11.8 Å². The van der Waals surface area contributed by atoms with Crippen LogP contribution in [0.15, 0.2) is 0 Å². The van der Waals surface area contributed by atoms with Crippen LogP contribution in [0.25, 0.3) is 0 Å². The highest BCUT2D eigenvalue weighted by atomic mass is 32.2. The molecule has 31 heavy (non-hydrogen) atoms. The molecule has 10 nitrogen and oxygen atoms in total. The summed E-state index contributed by atoms with van der Waals surface area (Å²) in [7, 11) is 1.86. The second kappa shape index (κ2) is 12.4. The van der Waals surface area contributed by atoms with Crippen LogP contribution < -0.4 is 5.32 Å². The van der Waals surface area contributed by atoms with E-state index >= 15 is 0 Å². The van der Waals surface area contributed by atoms with Crippen molar-refractivity contribution in [3.05, 3.63) is 0 Å². The second-order valence-electron chi connectivity index (χ2n) is 8.39. The van der Waals surface area contributed by atoms with Crippen LogP contribution in [0.4, 0.5) is 0 Å². The lowest BCUT2D eigenvalue weighted by atomic mass is 9.85. The highest BCUT2D eigenvalue weighted by molar-refractivity contribution is 7.99. The molecule has 0 amide bonds. The smallest absolute Gasteiger partial charge is 0.187 e. The third-order valence-electron chi connectivity index (χ3n) is 6.21. The number of hydrogen-bond donors (Lipinski definition) is 6. The normalized spacial score (nSPS) is 44.7. The summed E-state index contributed by atoms with van der Waals surface area (Å²) >= 11 is 1.59. The summed E-state index contributed by atoms with van der Waals surface area (Å²) in [6, 6.07) is 0.